The summed E-state index contributed by atoms with van der Waals surface area (Å²) in [5.41, 5.74) is 3.24. The van der Waals surface area contributed by atoms with Crippen LogP contribution in [0.25, 0.3) is 0 Å². The van der Waals surface area contributed by atoms with E-state index in [1.54, 1.807) is 18.9 Å². The van der Waals surface area contributed by atoms with Gasteiger partial charge >= 0.3 is 0 Å². The maximum Gasteiger partial charge on any atom is 0.227 e. The summed E-state index contributed by atoms with van der Waals surface area (Å²) in [6.07, 6.45) is 4.94. The molecule has 6 saturated heterocycles. The minimum absolute atomic E-state index is 0.0636. The molecule has 11 atom stereocenters. The van der Waals surface area contributed by atoms with E-state index in [1.165, 1.54) is 0 Å². The van der Waals surface area contributed by atoms with Gasteiger partial charge in [0.2, 0.25) is 11.8 Å². The topological polar surface area (TPSA) is 110 Å². The van der Waals surface area contributed by atoms with Crippen molar-refractivity contribution >= 4 is 35.2 Å². The highest BCUT2D eigenvalue weighted by Gasteiger charge is 2.48. The molecule has 38 heavy (non-hydrogen) atoms. The lowest BCUT2D eigenvalue weighted by Gasteiger charge is -2.45. The molecule has 12 heteroatoms. The standard InChI is InChI=1S/C26H44ClN7O3S/c1-14-8-16(17-9-23(27)29-11-21(17)37-2)18(10-28-14)24(35)32-26-31-19-12-33(13-22(19)38-26)25(36)15-4-3-7-34-20(15)5-6-30-34/h14-23,26,28-31H,3-13H2,1-2H3,(H,32,35). The number of piperidine rings is 3. The normalized spacial score (nSPS) is 45.6. The van der Waals surface area contributed by atoms with Crippen LogP contribution in [0.3, 0.4) is 0 Å². The molecule has 6 heterocycles. The molecule has 5 N–H and O–H groups in total. The number of nitrogens with zero attached hydrogens (tertiary/aromatic N) is 2. The largest absolute Gasteiger partial charge is 0.380 e. The smallest absolute Gasteiger partial charge is 0.227 e. The van der Waals surface area contributed by atoms with Gasteiger partial charge in [-0.1, -0.05) is 0 Å². The van der Waals surface area contributed by atoms with Gasteiger partial charge in [0.1, 0.15) is 5.50 Å². The first-order valence-electron chi connectivity index (χ1n) is 14.6. The molecule has 6 aliphatic rings. The van der Waals surface area contributed by atoms with E-state index in [4.69, 9.17) is 16.3 Å². The zero-order valence-electron chi connectivity index (χ0n) is 22.5. The van der Waals surface area contributed by atoms with Crippen LogP contribution >= 0.6 is 23.4 Å². The van der Waals surface area contributed by atoms with Crippen molar-refractivity contribution in [2.45, 2.75) is 79.5 Å². The Balaban J connectivity index is 1.04. The fraction of sp³-hybridized carbons (Fsp3) is 0.923. The number of carbonyl (C=O) groups excluding carboxylic acids is 2. The molecule has 214 valence electrons. The number of hydrogen-bond acceptors (Lipinski definition) is 9. The monoisotopic (exact) mass is 569 g/mol. The highest BCUT2D eigenvalue weighted by molar-refractivity contribution is 8.00. The van der Waals surface area contributed by atoms with Crippen LogP contribution < -0.4 is 26.7 Å². The van der Waals surface area contributed by atoms with Crippen LogP contribution in [-0.2, 0) is 14.3 Å². The number of thioether (sulfide) groups is 1. The van der Waals surface area contributed by atoms with Gasteiger partial charge in [-0.25, -0.2) is 5.01 Å². The van der Waals surface area contributed by atoms with E-state index >= 15 is 0 Å². The van der Waals surface area contributed by atoms with Crippen molar-refractivity contribution in [3.8, 4) is 0 Å². The second-order valence-corrected chi connectivity index (χ2v) is 14.0. The summed E-state index contributed by atoms with van der Waals surface area (Å²) in [6.45, 7) is 7.10. The zero-order valence-corrected chi connectivity index (χ0v) is 24.1. The van der Waals surface area contributed by atoms with E-state index in [0.29, 0.717) is 29.8 Å². The van der Waals surface area contributed by atoms with Gasteiger partial charge in [0.25, 0.3) is 0 Å². The number of carbonyl (C=O) groups is 2. The highest BCUT2D eigenvalue weighted by Crippen LogP contribution is 2.39. The average Bonchev–Trinajstić information content (AvgIpc) is 3.63. The number of hydrazine groups is 1. The molecule has 0 bridgehead atoms. The summed E-state index contributed by atoms with van der Waals surface area (Å²) in [5.74, 6) is 0.874. The van der Waals surface area contributed by atoms with Crippen LogP contribution in [0.4, 0.5) is 0 Å². The van der Waals surface area contributed by atoms with Crippen molar-refractivity contribution in [3.63, 3.8) is 0 Å². The molecule has 0 radical (unpaired) electrons. The lowest BCUT2D eigenvalue weighted by Crippen LogP contribution is -2.57. The van der Waals surface area contributed by atoms with Gasteiger partial charge < -0.3 is 20.3 Å². The predicted octanol–water partition coefficient (Wildman–Crippen LogP) is 0.0945. The van der Waals surface area contributed by atoms with Crippen molar-refractivity contribution < 1.29 is 14.3 Å². The minimum Gasteiger partial charge on any atom is -0.380 e. The number of alkyl halides is 1. The molecule has 0 aromatic heterocycles. The van der Waals surface area contributed by atoms with Gasteiger partial charge in [-0.3, -0.25) is 25.6 Å². The number of methoxy groups -OCH3 is 1. The van der Waals surface area contributed by atoms with Crippen molar-refractivity contribution in [1.82, 2.24) is 36.6 Å². The van der Waals surface area contributed by atoms with Gasteiger partial charge in [-0.15, -0.1) is 23.4 Å². The van der Waals surface area contributed by atoms with Crippen molar-refractivity contribution in [2.24, 2.45) is 23.7 Å². The van der Waals surface area contributed by atoms with Gasteiger partial charge in [0.15, 0.2) is 0 Å². The van der Waals surface area contributed by atoms with Gasteiger partial charge in [-0.2, -0.15) is 0 Å². The molecule has 6 fully saturated rings. The van der Waals surface area contributed by atoms with E-state index in [2.05, 4.69) is 43.5 Å². The molecule has 11 unspecified atom stereocenters. The molecule has 10 nitrogen and oxygen atoms in total. The fourth-order valence-corrected chi connectivity index (χ4v) is 9.64. The maximum atomic E-state index is 13.6. The molecule has 6 rings (SSSR count). The second kappa shape index (κ2) is 11.7. The molecule has 0 aromatic carbocycles. The summed E-state index contributed by atoms with van der Waals surface area (Å²) >= 11 is 8.26. The third-order valence-electron chi connectivity index (χ3n) is 9.89. The van der Waals surface area contributed by atoms with Crippen molar-refractivity contribution in [1.29, 1.82) is 0 Å². The van der Waals surface area contributed by atoms with E-state index in [-0.39, 0.29) is 52.7 Å². The van der Waals surface area contributed by atoms with Crippen LogP contribution in [0.5, 0.6) is 0 Å². The summed E-state index contributed by atoms with van der Waals surface area (Å²) in [5, 5.41) is 16.4. The Hall–Kier alpha value is -0.660. The Morgan fingerprint density at radius 2 is 1.95 bits per heavy atom. The van der Waals surface area contributed by atoms with Crippen LogP contribution in [0.15, 0.2) is 0 Å². The Kier molecular flexibility index (Phi) is 8.45. The van der Waals surface area contributed by atoms with Crippen LogP contribution in [0, 0.1) is 23.7 Å². The second-order valence-electron chi connectivity index (χ2n) is 12.2. The van der Waals surface area contributed by atoms with Crippen molar-refractivity contribution in [3.05, 3.63) is 0 Å². The summed E-state index contributed by atoms with van der Waals surface area (Å²) in [4.78, 5) is 29.2. The summed E-state index contributed by atoms with van der Waals surface area (Å²) in [7, 11) is 1.76. The number of likely N-dealkylation sites (tertiary alicyclic amines) is 1. The maximum absolute atomic E-state index is 13.6. The highest BCUT2D eigenvalue weighted by atomic mass is 35.5. The van der Waals surface area contributed by atoms with E-state index < -0.39 is 0 Å². The molecule has 0 aromatic rings. The number of nitrogens with one attached hydrogen (secondary N) is 5. The quantitative estimate of drug-likeness (QED) is 0.232. The van der Waals surface area contributed by atoms with E-state index in [1.807, 2.05) is 0 Å². The molecular weight excluding hydrogens is 526 g/mol. The molecule has 2 amide bonds. The lowest BCUT2D eigenvalue weighted by molar-refractivity contribution is -0.138. The Morgan fingerprint density at radius 1 is 1.08 bits per heavy atom. The molecular formula is C26H44ClN7O3S. The third kappa shape index (κ3) is 5.46. The summed E-state index contributed by atoms with van der Waals surface area (Å²) < 4.78 is 5.82. The first kappa shape index (κ1) is 27.5. The van der Waals surface area contributed by atoms with Gasteiger partial charge in [0, 0.05) is 69.8 Å². The lowest BCUT2D eigenvalue weighted by atomic mass is 9.70. The first-order valence-corrected chi connectivity index (χ1v) is 15.9. The Labute approximate surface area is 235 Å². The van der Waals surface area contributed by atoms with Crippen LogP contribution in [0.2, 0.25) is 0 Å². The SMILES string of the molecule is COC1CNC(Cl)CC1C1CC(C)NCC1C(=O)NC1NC2CN(C(=O)C3CCCN4NCCC34)CC2S1. The molecule has 0 saturated carbocycles. The van der Waals surface area contributed by atoms with Crippen LogP contribution in [-0.4, -0.2) is 109 Å². The Bertz CT molecular complexity index is 874. The molecule has 0 aliphatic carbocycles. The van der Waals surface area contributed by atoms with Gasteiger partial charge in [-0.05, 0) is 50.9 Å². The zero-order chi connectivity index (χ0) is 26.4. The first-order chi connectivity index (χ1) is 18.4. The van der Waals surface area contributed by atoms with E-state index in [9.17, 15) is 9.59 Å². The third-order valence-corrected chi connectivity index (χ3v) is 11.6. The van der Waals surface area contributed by atoms with E-state index in [0.717, 1.165) is 64.8 Å². The number of ether oxygens (including phenoxy) is 1. The number of hydrogen-bond donors (Lipinski definition) is 5. The molecule has 0 spiro atoms. The predicted molar refractivity (Wildman–Crippen MR) is 148 cm³/mol. The van der Waals surface area contributed by atoms with Gasteiger partial charge in [0.05, 0.1) is 23.4 Å². The minimum atomic E-state index is -0.119. The Morgan fingerprint density at radius 3 is 2.76 bits per heavy atom. The number of rotatable bonds is 5. The summed E-state index contributed by atoms with van der Waals surface area (Å²) in [6, 6.07) is 0.925. The average molecular weight is 570 g/mol. The number of amides is 2. The number of fused-ring (bicyclic) bond motifs is 2. The van der Waals surface area contributed by atoms with Crippen LogP contribution in [0.1, 0.15) is 39.0 Å². The fourth-order valence-electron chi connectivity index (χ4n) is 7.93. The van der Waals surface area contributed by atoms with Crippen molar-refractivity contribution in [2.75, 3.05) is 46.4 Å². The molecule has 6 aliphatic heterocycles. The number of halogens is 1.